The first-order valence-electron chi connectivity index (χ1n) is 6.95. The molecule has 2 aromatic heterocycles. The van der Waals surface area contributed by atoms with E-state index in [1.54, 1.807) is 6.20 Å². The maximum absolute atomic E-state index is 6.13. The van der Waals surface area contributed by atoms with E-state index in [0.29, 0.717) is 18.3 Å². The van der Waals surface area contributed by atoms with Crippen LogP contribution in [0.2, 0.25) is 0 Å². The molecule has 0 spiro atoms. The predicted molar refractivity (Wildman–Crippen MR) is 73.2 cm³/mol. The minimum atomic E-state index is 0.188. The van der Waals surface area contributed by atoms with E-state index in [1.807, 2.05) is 23.7 Å². The minimum absolute atomic E-state index is 0.188. The molecule has 5 nitrogen and oxygen atoms in total. The number of hydrogen-bond acceptors (Lipinski definition) is 4. The number of fused-ring (bicyclic) bond motifs is 1. The number of aromatic nitrogens is 3. The van der Waals surface area contributed by atoms with Gasteiger partial charge in [0.25, 0.3) is 0 Å². The van der Waals surface area contributed by atoms with Gasteiger partial charge in [-0.2, -0.15) is 5.10 Å². The molecule has 0 aromatic carbocycles. The molecule has 0 radical (unpaired) electrons. The van der Waals surface area contributed by atoms with Crippen molar-refractivity contribution in [2.24, 2.45) is 11.7 Å². The molecule has 102 valence electrons. The number of rotatable bonds is 3. The van der Waals surface area contributed by atoms with Crippen molar-refractivity contribution >= 4 is 5.52 Å². The van der Waals surface area contributed by atoms with Crippen LogP contribution in [0.4, 0.5) is 0 Å². The van der Waals surface area contributed by atoms with Crippen LogP contribution in [0.3, 0.4) is 0 Å². The second kappa shape index (κ2) is 5.17. The molecular weight excluding hydrogens is 240 g/mol. The Morgan fingerprint density at radius 2 is 2.26 bits per heavy atom. The third-order valence-corrected chi connectivity index (χ3v) is 3.88. The zero-order valence-corrected chi connectivity index (χ0v) is 11.2. The molecule has 2 unspecified atom stereocenters. The largest absolute Gasteiger partial charge is 0.472 e. The minimum Gasteiger partial charge on any atom is -0.472 e. The number of aryl methyl sites for hydroxylation is 1. The molecule has 2 N–H and O–H groups in total. The van der Waals surface area contributed by atoms with Crippen molar-refractivity contribution in [1.82, 2.24) is 14.6 Å². The van der Waals surface area contributed by atoms with Crippen LogP contribution in [0.25, 0.3) is 5.52 Å². The van der Waals surface area contributed by atoms with Gasteiger partial charge in [-0.25, -0.2) is 9.50 Å². The van der Waals surface area contributed by atoms with Gasteiger partial charge >= 0.3 is 0 Å². The molecule has 0 saturated heterocycles. The van der Waals surface area contributed by atoms with Gasteiger partial charge in [-0.05, 0) is 38.8 Å². The number of hydrogen-bond donors (Lipinski definition) is 1. The fourth-order valence-corrected chi connectivity index (χ4v) is 2.85. The lowest BCUT2D eigenvalue weighted by Gasteiger charge is -2.30. The normalized spacial score (nSPS) is 23.7. The molecule has 2 heterocycles. The molecule has 1 fully saturated rings. The zero-order valence-electron chi connectivity index (χ0n) is 11.2. The van der Waals surface area contributed by atoms with Gasteiger partial charge < -0.3 is 10.5 Å². The van der Waals surface area contributed by atoms with Crippen LogP contribution in [0, 0.1) is 12.8 Å². The van der Waals surface area contributed by atoms with E-state index >= 15 is 0 Å². The second-order valence-corrected chi connectivity index (χ2v) is 5.28. The molecule has 0 amide bonds. The Labute approximate surface area is 112 Å². The molecule has 0 bridgehead atoms. The Morgan fingerprint density at radius 3 is 3.11 bits per heavy atom. The number of nitrogens with two attached hydrogens (primary N) is 1. The van der Waals surface area contributed by atoms with Crippen LogP contribution < -0.4 is 10.5 Å². The average molecular weight is 260 g/mol. The molecule has 0 aliphatic heterocycles. The summed E-state index contributed by atoms with van der Waals surface area (Å²) in [4.78, 5) is 4.36. The Kier molecular flexibility index (Phi) is 3.38. The van der Waals surface area contributed by atoms with Gasteiger partial charge in [0.05, 0.1) is 5.69 Å². The molecule has 1 aliphatic rings. The SMILES string of the molecule is Cc1cc2c(OC3CCCCC3CN)nccn2n1. The van der Waals surface area contributed by atoms with Gasteiger partial charge in [0.15, 0.2) is 0 Å². The highest BCUT2D eigenvalue weighted by molar-refractivity contribution is 5.56. The van der Waals surface area contributed by atoms with E-state index < -0.39 is 0 Å². The van der Waals surface area contributed by atoms with Gasteiger partial charge in [-0.1, -0.05) is 6.42 Å². The van der Waals surface area contributed by atoms with Crippen LogP contribution >= 0.6 is 0 Å². The molecule has 5 heteroatoms. The van der Waals surface area contributed by atoms with Crippen LogP contribution in [0.15, 0.2) is 18.5 Å². The summed E-state index contributed by atoms with van der Waals surface area (Å²) in [6.07, 6.45) is 8.45. The highest BCUT2D eigenvalue weighted by Gasteiger charge is 2.26. The van der Waals surface area contributed by atoms with Crippen molar-refractivity contribution in [3.8, 4) is 5.88 Å². The Morgan fingerprint density at radius 1 is 1.42 bits per heavy atom. The molecule has 2 aromatic rings. The summed E-state index contributed by atoms with van der Waals surface area (Å²) in [7, 11) is 0. The van der Waals surface area contributed by atoms with Crippen molar-refractivity contribution in [3.63, 3.8) is 0 Å². The lowest BCUT2D eigenvalue weighted by atomic mass is 9.86. The second-order valence-electron chi connectivity index (χ2n) is 5.28. The summed E-state index contributed by atoms with van der Waals surface area (Å²) in [5, 5.41) is 4.38. The standard InChI is InChI=1S/C14H20N4O/c1-10-8-12-14(16-6-7-18(12)17-10)19-13-5-3-2-4-11(13)9-15/h6-8,11,13H,2-5,9,15H2,1H3. The fraction of sp³-hybridized carbons (Fsp3) is 0.571. The van der Waals surface area contributed by atoms with Crippen molar-refractivity contribution in [3.05, 3.63) is 24.2 Å². The Balaban J connectivity index is 1.87. The third-order valence-electron chi connectivity index (χ3n) is 3.88. The van der Waals surface area contributed by atoms with Gasteiger partial charge in [0.1, 0.15) is 11.6 Å². The molecular formula is C14H20N4O. The summed E-state index contributed by atoms with van der Waals surface area (Å²) in [5.41, 5.74) is 7.75. The topological polar surface area (TPSA) is 65.4 Å². The van der Waals surface area contributed by atoms with E-state index in [9.17, 15) is 0 Å². The monoisotopic (exact) mass is 260 g/mol. The number of ether oxygens (including phenoxy) is 1. The first kappa shape index (κ1) is 12.4. The summed E-state index contributed by atoms with van der Waals surface area (Å²) >= 11 is 0. The van der Waals surface area contributed by atoms with Gasteiger partial charge in [0, 0.05) is 18.3 Å². The van der Waals surface area contributed by atoms with Gasteiger partial charge in [-0.3, -0.25) is 0 Å². The van der Waals surface area contributed by atoms with E-state index in [-0.39, 0.29) is 6.10 Å². The van der Waals surface area contributed by atoms with Crippen molar-refractivity contribution in [1.29, 1.82) is 0 Å². The lowest BCUT2D eigenvalue weighted by molar-refractivity contribution is 0.0935. The van der Waals surface area contributed by atoms with E-state index in [1.165, 1.54) is 12.8 Å². The lowest BCUT2D eigenvalue weighted by Crippen LogP contribution is -2.35. The van der Waals surface area contributed by atoms with Crippen LogP contribution in [0.1, 0.15) is 31.4 Å². The van der Waals surface area contributed by atoms with E-state index in [0.717, 1.165) is 24.1 Å². The zero-order chi connectivity index (χ0) is 13.2. The first-order chi connectivity index (χ1) is 9.28. The summed E-state index contributed by atoms with van der Waals surface area (Å²) in [6.45, 7) is 2.66. The summed E-state index contributed by atoms with van der Waals surface area (Å²) < 4.78 is 7.95. The molecule has 1 saturated carbocycles. The van der Waals surface area contributed by atoms with Crippen LogP contribution in [-0.4, -0.2) is 27.2 Å². The van der Waals surface area contributed by atoms with Crippen molar-refractivity contribution < 1.29 is 4.74 Å². The number of nitrogens with zero attached hydrogens (tertiary/aromatic N) is 3. The average Bonchev–Trinajstić information content (AvgIpc) is 2.81. The fourth-order valence-electron chi connectivity index (χ4n) is 2.85. The molecule has 1 aliphatic carbocycles. The highest BCUT2D eigenvalue weighted by atomic mass is 16.5. The van der Waals surface area contributed by atoms with Crippen LogP contribution in [0.5, 0.6) is 5.88 Å². The van der Waals surface area contributed by atoms with Gasteiger partial charge in [0.2, 0.25) is 5.88 Å². The third kappa shape index (κ3) is 2.42. The smallest absolute Gasteiger partial charge is 0.240 e. The van der Waals surface area contributed by atoms with Gasteiger partial charge in [-0.15, -0.1) is 0 Å². The summed E-state index contributed by atoms with van der Waals surface area (Å²) in [5.74, 6) is 1.12. The van der Waals surface area contributed by atoms with Crippen molar-refractivity contribution in [2.45, 2.75) is 38.7 Å². The molecule has 2 atom stereocenters. The maximum atomic E-state index is 6.13. The molecule has 3 rings (SSSR count). The predicted octanol–water partition coefficient (Wildman–Crippen LogP) is 1.93. The summed E-state index contributed by atoms with van der Waals surface area (Å²) in [6, 6.07) is 2.00. The van der Waals surface area contributed by atoms with E-state index in [2.05, 4.69) is 10.1 Å². The quantitative estimate of drug-likeness (QED) is 0.915. The first-order valence-corrected chi connectivity index (χ1v) is 6.95. The highest BCUT2D eigenvalue weighted by Crippen LogP contribution is 2.28. The Hall–Kier alpha value is -1.62. The maximum Gasteiger partial charge on any atom is 0.240 e. The van der Waals surface area contributed by atoms with E-state index in [4.69, 9.17) is 10.5 Å². The molecule has 19 heavy (non-hydrogen) atoms. The van der Waals surface area contributed by atoms with Crippen molar-refractivity contribution in [2.75, 3.05) is 6.54 Å². The van der Waals surface area contributed by atoms with Crippen LogP contribution in [-0.2, 0) is 0 Å². The Bertz CT molecular complexity index is 566.